The average molecular weight is 284 g/mol. The van der Waals surface area contributed by atoms with Crippen LogP contribution in [0.2, 0.25) is 0 Å². The van der Waals surface area contributed by atoms with E-state index >= 15 is 0 Å². The van der Waals surface area contributed by atoms with Crippen LogP contribution in [0.5, 0.6) is 0 Å². The van der Waals surface area contributed by atoms with Crippen molar-refractivity contribution in [2.45, 2.75) is 12.5 Å². The van der Waals surface area contributed by atoms with Gasteiger partial charge in [-0.1, -0.05) is 54.6 Å². The zero-order chi connectivity index (χ0) is 15.2. The van der Waals surface area contributed by atoms with E-state index in [9.17, 15) is 9.59 Å². The first-order valence-electron chi connectivity index (χ1n) is 6.46. The summed E-state index contributed by atoms with van der Waals surface area (Å²) in [6.07, 6.45) is -1.86. The monoisotopic (exact) mass is 284 g/mol. The second-order valence-corrected chi connectivity index (χ2v) is 4.59. The van der Waals surface area contributed by atoms with Crippen LogP contribution in [0.3, 0.4) is 0 Å². The smallest absolute Gasteiger partial charge is 0.405 e. The van der Waals surface area contributed by atoms with Crippen molar-refractivity contribution in [2.75, 3.05) is 0 Å². The number of carbonyl (C=O) groups is 2. The lowest BCUT2D eigenvalue weighted by Gasteiger charge is -2.13. The molecule has 0 fully saturated rings. The molecule has 0 aliphatic heterocycles. The molecule has 4 N–H and O–H groups in total. The molecule has 21 heavy (non-hydrogen) atoms. The van der Waals surface area contributed by atoms with Crippen LogP contribution in [0.4, 0.5) is 4.79 Å². The summed E-state index contributed by atoms with van der Waals surface area (Å²) in [5.41, 5.74) is 13.1. The van der Waals surface area contributed by atoms with Crippen molar-refractivity contribution in [3.05, 3.63) is 60.2 Å². The van der Waals surface area contributed by atoms with Crippen molar-refractivity contribution in [1.29, 1.82) is 0 Å². The van der Waals surface area contributed by atoms with E-state index in [2.05, 4.69) is 0 Å². The fourth-order valence-electron chi connectivity index (χ4n) is 2.02. The Labute approximate surface area is 122 Å². The van der Waals surface area contributed by atoms with Gasteiger partial charge in [0.25, 0.3) is 5.91 Å². The molecule has 0 aromatic heterocycles. The lowest BCUT2D eigenvalue weighted by atomic mass is 10.0. The minimum Gasteiger partial charge on any atom is -0.436 e. The molecule has 1 atom stereocenters. The molecule has 0 aliphatic carbocycles. The molecule has 0 saturated heterocycles. The van der Waals surface area contributed by atoms with Crippen LogP contribution >= 0.6 is 0 Å². The van der Waals surface area contributed by atoms with Crippen LogP contribution < -0.4 is 11.5 Å². The minimum atomic E-state index is -1.05. The van der Waals surface area contributed by atoms with Crippen molar-refractivity contribution in [3.8, 4) is 11.1 Å². The quantitative estimate of drug-likeness (QED) is 0.877. The number of nitrogens with two attached hydrogens (primary N) is 2. The highest BCUT2D eigenvalue weighted by atomic mass is 16.6. The molecule has 2 aromatic carbocycles. The van der Waals surface area contributed by atoms with Crippen LogP contribution in [0.25, 0.3) is 11.1 Å². The Morgan fingerprint density at radius 1 is 0.905 bits per heavy atom. The molecule has 5 nitrogen and oxygen atoms in total. The van der Waals surface area contributed by atoms with Crippen LogP contribution in [-0.2, 0) is 16.0 Å². The number of amides is 2. The second kappa shape index (κ2) is 6.56. The lowest BCUT2D eigenvalue weighted by molar-refractivity contribution is -0.126. The topological polar surface area (TPSA) is 95.4 Å². The van der Waals surface area contributed by atoms with Crippen molar-refractivity contribution in [2.24, 2.45) is 11.5 Å². The first-order chi connectivity index (χ1) is 10.1. The van der Waals surface area contributed by atoms with Gasteiger partial charge >= 0.3 is 6.09 Å². The Kier molecular flexibility index (Phi) is 4.56. The van der Waals surface area contributed by atoms with E-state index in [4.69, 9.17) is 16.2 Å². The fraction of sp³-hybridized carbons (Fsp3) is 0.125. The normalized spacial score (nSPS) is 11.6. The number of benzene rings is 2. The van der Waals surface area contributed by atoms with Crippen LogP contribution in [0, 0.1) is 0 Å². The average Bonchev–Trinajstić information content (AvgIpc) is 2.48. The zero-order valence-electron chi connectivity index (χ0n) is 11.4. The molecule has 0 heterocycles. The van der Waals surface area contributed by atoms with Gasteiger partial charge in [-0.15, -0.1) is 0 Å². The molecule has 0 aliphatic rings. The maximum absolute atomic E-state index is 11.2. The molecule has 2 aromatic rings. The van der Waals surface area contributed by atoms with Gasteiger partial charge in [0, 0.05) is 6.42 Å². The molecule has 0 bridgehead atoms. The highest BCUT2D eigenvalue weighted by molar-refractivity contribution is 5.81. The summed E-state index contributed by atoms with van der Waals surface area (Å²) in [6.45, 7) is 0. The molecule has 0 saturated carbocycles. The Morgan fingerprint density at radius 2 is 1.48 bits per heavy atom. The molecule has 2 amide bonds. The second-order valence-electron chi connectivity index (χ2n) is 4.59. The summed E-state index contributed by atoms with van der Waals surface area (Å²) in [4.78, 5) is 22.0. The van der Waals surface area contributed by atoms with E-state index in [-0.39, 0.29) is 6.42 Å². The number of rotatable bonds is 5. The predicted molar refractivity (Wildman–Crippen MR) is 79.2 cm³/mol. The van der Waals surface area contributed by atoms with Gasteiger partial charge in [0.15, 0.2) is 6.10 Å². The summed E-state index contributed by atoms with van der Waals surface area (Å²) < 4.78 is 4.69. The Bertz CT molecular complexity index is 624. The molecule has 2 rings (SSSR count). The maximum atomic E-state index is 11.2. The van der Waals surface area contributed by atoms with Gasteiger partial charge in [0.05, 0.1) is 0 Å². The van der Waals surface area contributed by atoms with Gasteiger partial charge in [-0.2, -0.15) is 0 Å². The first-order valence-corrected chi connectivity index (χ1v) is 6.46. The number of hydrogen-bond acceptors (Lipinski definition) is 3. The summed E-state index contributed by atoms with van der Waals surface area (Å²) >= 11 is 0. The summed E-state index contributed by atoms with van der Waals surface area (Å²) in [5.74, 6) is -0.721. The number of primary amides is 2. The predicted octanol–water partition coefficient (Wildman–Crippen LogP) is 1.85. The largest absolute Gasteiger partial charge is 0.436 e. The van der Waals surface area contributed by atoms with Crippen molar-refractivity contribution in [3.63, 3.8) is 0 Å². The molecular formula is C16H16N2O3. The summed E-state index contributed by atoms with van der Waals surface area (Å²) in [6, 6.07) is 17.5. The van der Waals surface area contributed by atoms with Gasteiger partial charge in [-0.25, -0.2) is 4.79 Å². The Morgan fingerprint density at radius 3 is 2.00 bits per heavy atom. The number of hydrogen-bond donors (Lipinski definition) is 2. The van der Waals surface area contributed by atoms with Crippen LogP contribution in [0.1, 0.15) is 5.56 Å². The fourth-order valence-corrected chi connectivity index (χ4v) is 2.02. The molecule has 108 valence electrons. The SMILES string of the molecule is NC(=O)OC(Cc1ccc(-c2ccccc2)cc1)C(N)=O. The Balaban J connectivity index is 2.11. The van der Waals surface area contributed by atoms with Gasteiger partial charge in [0.2, 0.25) is 0 Å². The summed E-state index contributed by atoms with van der Waals surface area (Å²) in [5, 5.41) is 0. The molecule has 5 heteroatoms. The standard InChI is InChI=1S/C16H16N2O3/c17-15(19)14(21-16(18)20)10-11-6-8-13(9-7-11)12-4-2-1-3-5-12/h1-9,14H,10H2,(H2,17,19)(H2,18,20). The molecule has 0 spiro atoms. The van der Waals surface area contributed by atoms with E-state index < -0.39 is 18.1 Å². The molecule has 0 radical (unpaired) electrons. The van der Waals surface area contributed by atoms with E-state index in [1.165, 1.54) is 0 Å². The lowest BCUT2D eigenvalue weighted by Crippen LogP contribution is -2.36. The van der Waals surface area contributed by atoms with Crippen molar-refractivity contribution >= 4 is 12.0 Å². The van der Waals surface area contributed by atoms with E-state index in [1.54, 1.807) is 0 Å². The number of ether oxygens (including phenoxy) is 1. The van der Waals surface area contributed by atoms with Crippen LogP contribution in [-0.4, -0.2) is 18.1 Å². The third kappa shape index (κ3) is 4.07. The van der Waals surface area contributed by atoms with E-state index in [0.717, 1.165) is 16.7 Å². The van der Waals surface area contributed by atoms with Crippen molar-refractivity contribution < 1.29 is 14.3 Å². The van der Waals surface area contributed by atoms with E-state index in [0.29, 0.717) is 0 Å². The third-order valence-electron chi connectivity index (χ3n) is 3.06. The van der Waals surface area contributed by atoms with Gasteiger partial charge in [-0.3, -0.25) is 4.79 Å². The third-order valence-corrected chi connectivity index (χ3v) is 3.06. The van der Waals surface area contributed by atoms with E-state index in [1.807, 2.05) is 54.6 Å². The van der Waals surface area contributed by atoms with Gasteiger partial charge < -0.3 is 16.2 Å². The maximum Gasteiger partial charge on any atom is 0.405 e. The summed E-state index contributed by atoms with van der Waals surface area (Å²) in [7, 11) is 0. The Hall–Kier alpha value is -2.82. The highest BCUT2D eigenvalue weighted by Gasteiger charge is 2.19. The zero-order valence-corrected chi connectivity index (χ0v) is 11.4. The van der Waals surface area contributed by atoms with Gasteiger partial charge in [-0.05, 0) is 16.7 Å². The van der Waals surface area contributed by atoms with Crippen molar-refractivity contribution in [1.82, 2.24) is 0 Å². The molecular weight excluding hydrogens is 268 g/mol. The van der Waals surface area contributed by atoms with Crippen LogP contribution in [0.15, 0.2) is 54.6 Å². The molecule has 1 unspecified atom stereocenters. The van der Waals surface area contributed by atoms with Gasteiger partial charge in [0.1, 0.15) is 0 Å². The first kappa shape index (κ1) is 14.6. The minimum absolute atomic E-state index is 0.202. The highest BCUT2D eigenvalue weighted by Crippen LogP contribution is 2.20. The number of carbonyl (C=O) groups excluding carboxylic acids is 2.